The standard InChI is InChI=1S/C20H20BrFN4O4/c1-20(2)29-9-12(30-20)8-26-10-23-18-17(19(26)28)15(7-16(27)25(18)3)24-14-5-4-11(21)6-13(14)22/h4-7,10,12,24H,8-9H2,1-3H3/t12-/m1/s1. The first-order valence-corrected chi connectivity index (χ1v) is 10.1. The monoisotopic (exact) mass is 478 g/mol. The van der Waals surface area contributed by atoms with E-state index in [2.05, 4.69) is 26.2 Å². The zero-order valence-corrected chi connectivity index (χ0v) is 18.2. The minimum absolute atomic E-state index is 0.136. The van der Waals surface area contributed by atoms with E-state index in [1.165, 1.54) is 40.7 Å². The van der Waals surface area contributed by atoms with Gasteiger partial charge < -0.3 is 14.8 Å². The van der Waals surface area contributed by atoms with Crippen LogP contribution in [-0.2, 0) is 23.1 Å². The Labute approximate surface area is 179 Å². The maximum absolute atomic E-state index is 14.3. The van der Waals surface area contributed by atoms with Crippen LogP contribution in [0.4, 0.5) is 15.8 Å². The normalized spacial score (nSPS) is 18.1. The van der Waals surface area contributed by atoms with Crippen LogP contribution in [0, 0.1) is 5.82 Å². The fraction of sp³-hybridized carbons (Fsp3) is 0.350. The highest BCUT2D eigenvalue weighted by Crippen LogP contribution is 2.26. The highest BCUT2D eigenvalue weighted by atomic mass is 79.9. The van der Waals surface area contributed by atoms with Crippen molar-refractivity contribution in [3.63, 3.8) is 0 Å². The lowest BCUT2D eigenvalue weighted by molar-refractivity contribution is -0.139. The van der Waals surface area contributed by atoms with Crippen LogP contribution in [0.25, 0.3) is 11.0 Å². The Morgan fingerprint density at radius 1 is 1.30 bits per heavy atom. The van der Waals surface area contributed by atoms with E-state index in [4.69, 9.17) is 9.47 Å². The number of halogens is 2. The first-order valence-electron chi connectivity index (χ1n) is 9.27. The number of fused-ring (bicyclic) bond motifs is 1. The fourth-order valence-electron chi connectivity index (χ4n) is 3.40. The Kier molecular flexibility index (Phi) is 5.25. The van der Waals surface area contributed by atoms with Crippen molar-refractivity contribution in [1.29, 1.82) is 0 Å². The molecule has 0 spiro atoms. The van der Waals surface area contributed by atoms with Gasteiger partial charge in [0.05, 0.1) is 24.5 Å². The first kappa shape index (κ1) is 20.7. The van der Waals surface area contributed by atoms with Crippen LogP contribution in [0.3, 0.4) is 0 Å². The summed E-state index contributed by atoms with van der Waals surface area (Å²) in [5, 5.41) is 3.05. The molecule has 2 aromatic heterocycles. The second-order valence-electron chi connectivity index (χ2n) is 7.56. The SMILES string of the molecule is Cn1c(=O)cc(Nc2ccc(Br)cc2F)c2c(=O)n(C[C@@H]3COC(C)(C)O3)cnc21. The van der Waals surface area contributed by atoms with E-state index in [1.807, 2.05) is 0 Å². The number of aromatic nitrogens is 3. The van der Waals surface area contributed by atoms with Gasteiger partial charge in [-0.3, -0.25) is 18.7 Å². The number of nitrogens with one attached hydrogen (secondary N) is 1. The molecule has 0 saturated carbocycles. The molecule has 3 aromatic rings. The summed E-state index contributed by atoms with van der Waals surface area (Å²) < 4.78 is 28.9. The second-order valence-corrected chi connectivity index (χ2v) is 8.47. The fourth-order valence-corrected chi connectivity index (χ4v) is 3.74. The third kappa shape index (κ3) is 3.90. The topological polar surface area (TPSA) is 87.4 Å². The molecule has 1 saturated heterocycles. The van der Waals surface area contributed by atoms with Gasteiger partial charge in [-0.1, -0.05) is 15.9 Å². The number of anilines is 2. The lowest BCUT2D eigenvalue weighted by atomic mass is 10.2. The lowest BCUT2D eigenvalue weighted by Crippen LogP contribution is -2.31. The number of aryl methyl sites for hydroxylation is 1. The average Bonchev–Trinajstić information content (AvgIpc) is 3.01. The Bertz CT molecular complexity index is 1250. The molecule has 10 heteroatoms. The molecule has 3 heterocycles. The molecule has 1 aliphatic rings. The zero-order chi connectivity index (χ0) is 21.6. The number of rotatable bonds is 4. The molecular formula is C20H20BrFN4O4. The van der Waals surface area contributed by atoms with Crippen molar-refractivity contribution in [2.45, 2.75) is 32.3 Å². The molecule has 0 amide bonds. The molecule has 1 atom stereocenters. The van der Waals surface area contributed by atoms with Gasteiger partial charge in [0.15, 0.2) is 11.4 Å². The van der Waals surface area contributed by atoms with E-state index in [1.54, 1.807) is 19.9 Å². The van der Waals surface area contributed by atoms with Gasteiger partial charge in [-0.15, -0.1) is 0 Å². The summed E-state index contributed by atoms with van der Waals surface area (Å²) in [4.78, 5) is 29.9. The van der Waals surface area contributed by atoms with Crippen molar-refractivity contribution >= 4 is 38.3 Å². The van der Waals surface area contributed by atoms with E-state index in [-0.39, 0.29) is 46.2 Å². The molecular weight excluding hydrogens is 459 g/mol. The molecule has 0 aliphatic carbocycles. The van der Waals surface area contributed by atoms with Gasteiger partial charge in [-0.2, -0.15) is 0 Å². The van der Waals surface area contributed by atoms with Crippen molar-refractivity contribution in [1.82, 2.24) is 14.1 Å². The van der Waals surface area contributed by atoms with Crippen molar-refractivity contribution in [3.8, 4) is 0 Å². The smallest absolute Gasteiger partial charge is 0.264 e. The highest BCUT2D eigenvalue weighted by molar-refractivity contribution is 9.10. The maximum atomic E-state index is 14.3. The first-order chi connectivity index (χ1) is 14.1. The van der Waals surface area contributed by atoms with Gasteiger partial charge >= 0.3 is 0 Å². The van der Waals surface area contributed by atoms with Crippen LogP contribution in [0.5, 0.6) is 0 Å². The number of nitrogens with zero attached hydrogens (tertiary/aromatic N) is 3. The van der Waals surface area contributed by atoms with Crippen LogP contribution in [0.15, 0.2) is 44.7 Å². The summed E-state index contributed by atoms with van der Waals surface area (Å²) in [7, 11) is 1.53. The number of hydrogen-bond acceptors (Lipinski definition) is 6. The predicted octanol–water partition coefficient (Wildman–Crippen LogP) is 2.89. The third-order valence-corrected chi connectivity index (χ3v) is 5.36. The summed E-state index contributed by atoms with van der Waals surface area (Å²) in [5.41, 5.74) is -0.222. The average molecular weight is 479 g/mol. The minimum atomic E-state index is -0.714. The van der Waals surface area contributed by atoms with Gasteiger partial charge in [0.1, 0.15) is 23.6 Å². The predicted molar refractivity (Wildman–Crippen MR) is 114 cm³/mol. The quantitative estimate of drug-likeness (QED) is 0.620. The summed E-state index contributed by atoms with van der Waals surface area (Å²) in [5.74, 6) is -1.24. The van der Waals surface area contributed by atoms with E-state index in [9.17, 15) is 14.0 Å². The number of hydrogen-bond donors (Lipinski definition) is 1. The largest absolute Gasteiger partial charge is 0.352 e. The molecule has 1 aliphatic heterocycles. The summed E-state index contributed by atoms with van der Waals surface area (Å²) in [6.07, 6.45) is 1.06. The van der Waals surface area contributed by atoms with E-state index in [0.29, 0.717) is 11.1 Å². The van der Waals surface area contributed by atoms with E-state index < -0.39 is 11.6 Å². The van der Waals surface area contributed by atoms with Gasteiger partial charge in [0, 0.05) is 17.6 Å². The summed E-state index contributed by atoms with van der Waals surface area (Å²) >= 11 is 3.21. The summed E-state index contributed by atoms with van der Waals surface area (Å²) in [6, 6.07) is 5.73. The Morgan fingerprint density at radius 2 is 2.07 bits per heavy atom. The molecule has 8 nitrogen and oxygen atoms in total. The van der Waals surface area contributed by atoms with E-state index in [0.717, 1.165) is 0 Å². The van der Waals surface area contributed by atoms with Gasteiger partial charge in [-0.05, 0) is 32.0 Å². The number of benzene rings is 1. The van der Waals surface area contributed by atoms with Crippen LogP contribution in [-0.4, -0.2) is 32.6 Å². The second kappa shape index (κ2) is 7.60. The minimum Gasteiger partial charge on any atom is -0.352 e. The molecule has 1 N–H and O–H groups in total. The van der Waals surface area contributed by atoms with E-state index >= 15 is 0 Å². The van der Waals surface area contributed by atoms with Gasteiger partial charge in [-0.25, -0.2) is 9.37 Å². The number of ether oxygens (including phenoxy) is 2. The van der Waals surface area contributed by atoms with Crippen LogP contribution in [0.1, 0.15) is 13.8 Å². The Balaban J connectivity index is 1.80. The molecule has 0 unspecified atom stereocenters. The molecule has 0 radical (unpaired) electrons. The summed E-state index contributed by atoms with van der Waals surface area (Å²) in [6.45, 7) is 4.19. The van der Waals surface area contributed by atoms with Gasteiger partial charge in [0.2, 0.25) is 0 Å². The molecule has 1 fully saturated rings. The Hall–Kier alpha value is -2.56. The van der Waals surface area contributed by atoms with Crippen molar-refractivity contribution in [3.05, 3.63) is 61.6 Å². The maximum Gasteiger partial charge on any atom is 0.264 e. The molecule has 30 heavy (non-hydrogen) atoms. The van der Waals surface area contributed by atoms with Crippen LogP contribution >= 0.6 is 15.9 Å². The molecule has 158 valence electrons. The zero-order valence-electron chi connectivity index (χ0n) is 16.6. The Morgan fingerprint density at radius 3 is 2.73 bits per heavy atom. The number of pyridine rings is 1. The van der Waals surface area contributed by atoms with Gasteiger partial charge in [0.25, 0.3) is 11.1 Å². The third-order valence-electron chi connectivity index (χ3n) is 4.87. The van der Waals surface area contributed by atoms with Crippen molar-refractivity contribution in [2.75, 3.05) is 11.9 Å². The van der Waals surface area contributed by atoms with Crippen LogP contribution < -0.4 is 16.4 Å². The molecule has 0 bridgehead atoms. The lowest BCUT2D eigenvalue weighted by Gasteiger charge is -2.18. The van der Waals surface area contributed by atoms with Crippen LogP contribution in [0.2, 0.25) is 0 Å². The van der Waals surface area contributed by atoms with Crippen molar-refractivity contribution in [2.24, 2.45) is 7.05 Å². The molecule has 1 aromatic carbocycles. The molecule has 4 rings (SSSR count). The van der Waals surface area contributed by atoms with Crippen molar-refractivity contribution < 1.29 is 13.9 Å². The highest BCUT2D eigenvalue weighted by Gasteiger charge is 2.33.